The lowest BCUT2D eigenvalue weighted by molar-refractivity contribution is -0.202. The van der Waals surface area contributed by atoms with Crippen molar-refractivity contribution in [2.24, 2.45) is 5.92 Å². The molecule has 0 aromatic carbocycles. The lowest BCUT2D eigenvalue weighted by Crippen LogP contribution is -2.64. The summed E-state index contributed by atoms with van der Waals surface area (Å²) in [5.41, 5.74) is 0.706. The fraction of sp³-hybridized carbons (Fsp3) is 0.833. The van der Waals surface area contributed by atoms with Gasteiger partial charge in [-0.25, -0.2) is 0 Å². The number of hydrogen-bond donors (Lipinski definition) is 4. The van der Waals surface area contributed by atoms with Crippen LogP contribution in [0, 0.1) is 5.92 Å². The topological polar surface area (TPSA) is 82.0 Å². The van der Waals surface area contributed by atoms with Gasteiger partial charge in [0.2, 0.25) is 0 Å². The molecule has 0 aliphatic carbocycles. The highest BCUT2D eigenvalue weighted by atomic mass is 16.5. The third kappa shape index (κ3) is 3.19. The van der Waals surface area contributed by atoms with E-state index in [0.29, 0.717) is 5.70 Å². The van der Waals surface area contributed by atoms with Crippen molar-refractivity contribution >= 4 is 0 Å². The maximum absolute atomic E-state index is 10.1. The minimum Gasteiger partial charge on any atom is -0.394 e. The quantitative estimate of drug-likeness (QED) is 0.542. The van der Waals surface area contributed by atoms with Crippen LogP contribution in [0.2, 0.25) is 0 Å². The van der Waals surface area contributed by atoms with E-state index >= 15 is 0 Å². The largest absolute Gasteiger partial charge is 0.394 e. The predicted molar refractivity (Wildman–Crippen MR) is 64.3 cm³/mol. The highest BCUT2D eigenvalue weighted by Gasteiger charge is 2.45. The Hall–Kier alpha value is -0.620. The number of allylic oxidation sites excluding steroid dienone is 1. The first kappa shape index (κ1) is 14.4. The highest BCUT2D eigenvalue weighted by molar-refractivity contribution is 5.02. The third-order valence-corrected chi connectivity index (χ3v) is 3.03. The molecule has 17 heavy (non-hydrogen) atoms. The minimum atomic E-state index is -1.09. The van der Waals surface area contributed by atoms with E-state index < -0.39 is 24.4 Å². The van der Waals surface area contributed by atoms with Gasteiger partial charge < -0.3 is 25.4 Å². The molecule has 1 heterocycles. The van der Waals surface area contributed by atoms with Crippen LogP contribution in [0.1, 0.15) is 20.8 Å². The Bertz CT molecular complexity index is 269. The van der Waals surface area contributed by atoms with Crippen LogP contribution in [-0.2, 0) is 4.74 Å². The number of nitrogens with one attached hydrogen (secondary N) is 1. The molecular weight excluding hydrogens is 222 g/mol. The smallest absolute Gasteiger partial charge is 0.110 e. The molecule has 1 fully saturated rings. The molecule has 1 aliphatic heterocycles. The van der Waals surface area contributed by atoms with Crippen molar-refractivity contribution in [1.82, 2.24) is 5.32 Å². The van der Waals surface area contributed by atoms with Crippen molar-refractivity contribution in [3.8, 4) is 0 Å². The van der Waals surface area contributed by atoms with Crippen LogP contribution in [0.15, 0.2) is 12.3 Å². The van der Waals surface area contributed by atoms with Gasteiger partial charge in [0.15, 0.2) is 0 Å². The van der Waals surface area contributed by atoms with Crippen LogP contribution in [0.3, 0.4) is 0 Å². The van der Waals surface area contributed by atoms with Crippen molar-refractivity contribution < 1.29 is 20.1 Å². The first-order valence-electron chi connectivity index (χ1n) is 5.93. The Morgan fingerprint density at radius 2 is 1.94 bits per heavy atom. The zero-order valence-corrected chi connectivity index (χ0v) is 10.6. The maximum atomic E-state index is 10.1. The molecule has 0 spiro atoms. The average Bonchev–Trinajstić information content (AvgIpc) is 2.24. The van der Waals surface area contributed by atoms with Gasteiger partial charge in [-0.2, -0.15) is 0 Å². The van der Waals surface area contributed by atoms with Gasteiger partial charge in [0.1, 0.15) is 18.3 Å². The second-order valence-electron chi connectivity index (χ2n) is 5.00. The van der Waals surface area contributed by atoms with Crippen molar-refractivity contribution in [2.75, 3.05) is 6.61 Å². The zero-order valence-electron chi connectivity index (χ0n) is 10.6. The van der Waals surface area contributed by atoms with Crippen molar-refractivity contribution in [3.63, 3.8) is 0 Å². The van der Waals surface area contributed by atoms with E-state index in [2.05, 4.69) is 11.9 Å². The molecule has 5 heteroatoms. The van der Waals surface area contributed by atoms with Crippen LogP contribution < -0.4 is 5.32 Å². The van der Waals surface area contributed by atoms with Gasteiger partial charge in [0.25, 0.3) is 0 Å². The minimum absolute atomic E-state index is 0.156. The second kappa shape index (κ2) is 5.82. The SMILES string of the molecule is C=C(C)NC1C(O)C(O)C(CO)OC1C(C)C. The van der Waals surface area contributed by atoms with E-state index in [4.69, 9.17) is 9.84 Å². The summed E-state index contributed by atoms with van der Waals surface area (Å²) in [5.74, 6) is 0.156. The summed E-state index contributed by atoms with van der Waals surface area (Å²) in [6, 6.07) is -0.412. The van der Waals surface area contributed by atoms with Gasteiger partial charge in [-0.05, 0) is 12.8 Å². The molecule has 5 unspecified atom stereocenters. The Morgan fingerprint density at radius 3 is 2.35 bits per heavy atom. The first-order chi connectivity index (χ1) is 7.88. The Labute approximate surface area is 102 Å². The molecule has 4 N–H and O–H groups in total. The molecule has 0 radical (unpaired) electrons. The number of hydrogen-bond acceptors (Lipinski definition) is 5. The zero-order chi connectivity index (χ0) is 13.2. The van der Waals surface area contributed by atoms with Crippen LogP contribution in [0.25, 0.3) is 0 Å². The predicted octanol–water partition coefficient (Wildman–Crippen LogP) is -0.384. The van der Waals surface area contributed by atoms with Crippen LogP contribution in [-0.4, -0.2) is 52.4 Å². The third-order valence-electron chi connectivity index (χ3n) is 3.03. The summed E-state index contributed by atoms with van der Waals surface area (Å²) in [7, 11) is 0. The Kier molecular flexibility index (Phi) is 4.94. The lowest BCUT2D eigenvalue weighted by atomic mass is 9.87. The lowest BCUT2D eigenvalue weighted by Gasteiger charge is -2.44. The second-order valence-corrected chi connectivity index (χ2v) is 5.00. The van der Waals surface area contributed by atoms with Gasteiger partial charge in [0.05, 0.1) is 18.8 Å². The molecule has 1 aliphatic rings. The molecule has 1 saturated heterocycles. The van der Waals surface area contributed by atoms with E-state index in [1.807, 2.05) is 13.8 Å². The molecule has 0 aromatic rings. The van der Waals surface area contributed by atoms with E-state index in [1.54, 1.807) is 6.92 Å². The average molecular weight is 245 g/mol. The van der Waals surface area contributed by atoms with E-state index in [9.17, 15) is 10.2 Å². The van der Waals surface area contributed by atoms with Crippen molar-refractivity contribution in [1.29, 1.82) is 0 Å². The standard InChI is InChI=1S/C12H23NO4/c1-6(2)12-9(13-7(3)4)11(16)10(15)8(5-14)17-12/h6,8-16H,3,5H2,1-2,4H3. The summed E-state index contributed by atoms with van der Waals surface area (Å²) in [4.78, 5) is 0. The summed E-state index contributed by atoms with van der Waals surface area (Å²) in [5, 5.41) is 32.0. The Morgan fingerprint density at radius 1 is 1.35 bits per heavy atom. The number of rotatable bonds is 4. The summed E-state index contributed by atoms with van der Waals surface area (Å²) < 4.78 is 5.63. The van der Waals surface area contributed by atoms with Gasteiger partial charge in [-0.3, -0.25) is 0 Å². The fourth-order valence-electron chi connectivity index (χ4n) is 2.17. The van der Waals surface area contributed by atoms with Crippen LogP contribution >= 0.6 is 0 Å². The Balaban J connectivity index is 2.86. The molecule has 0 aromatic heterocycles. The molecule has 1 rings (SSSR count). The van der Waals surface area contributed by atoms with E-state index in [1.165, 1.54) is 0 Å². The molecular formula is C12H23NO4. The highest BCUT2D eigenvalue weighted by Crippen LogP contribution is 2.26. The first-order valence-corrected chi connectivity index (χ1v) is 5.93. The monoisotopic (exact) mass is 245 g/mol. The number of aliphatic hydroxyl groups excluding tert-OH is 3. The molecule has 0 bridgehead atoms. The summed E-state index contributed by atoms with van der Waals surface area (Å²) >= 11 is 0. The molecule has 100 valence electrons. The van der Waals surface area contributed by atoms with Gasteiger partial charge >= 0.3 is 0 Å². The number of aliphatic hydroxyl groups is 3. The van der Waals surface area contributed by atoms with E-state index in [0.717, 1.165) is 0 Å². The summed E-state index contributed by atoms with van der Waals surface area (Å²) in [6.45, 7) is 9.15. The van der Waals surface area contributed by atoms with Crippen molar-refractivity contribution in [2.45, 2.75) is 51.2 Å². The normalized spacial score (nSPS) is 38.2. The van der Waals surface area contributed by atoms with Gasteiger partial charge in [-0.15, -0.1) is 0 Å². The van der Waals surface area contributed by atoms with Gasteiger partial charge in [-0.1, -0.05) is 20.4 Å². The molecule has 5 nitrogen and oxygen atoms in total. The van der Waals surface area contributed by atoms with Crippen molar-refractivity contribution in [3.05, 3.63) is 12.3 Å². The van der Waals surface area contributed by atoms with Crippen LogP contribution in [0.5, 0.6) is 0 Å². The fourth-order valence-corrected chi connectivity index (χ4v) is 2.17. The molecule has 0 amide bonds. The maximum Gasteiger partial charge on any atom is 0.110 e. The van der Waals surface area contributed by atoms with E-state index in [-0.39, 0.29) is 18.6 Å². The van der Waals surface area contributed by atoms with Gasteiger partial charge in [0, 0.05) is 5.70 Å². The summed E-state index contributed by atoms with van der Waals surface area (Å²) in [6.07, 6.45) is -3.08. The van der Waals surface area contributed by atoms with Crippen LogP contribution in [0.4, 0.5) is 0 Å². The molecule has 5 atom stereocenters. The molecule has 0 saturated carbocycles. The number of ether oxygens (including phenoxy) is 1.